The van der Waals surface area contributed by atoms with Crippen LogP contribution in [0.25, 0.3) is 0 Å². The Labute approximate surface area is 144 Å². The van der Waals surface area contributed by atoms with E-state index in [0.717, 1.165) is 37.7 Å². The molecule has 0 saturated heterocycles. The fourth-order valence-corrected chi connectivity index (χ4v) is 6.89. The number of rotatable bonds is 1. The van der Waals surface area contributed by atoms with Gasteiger partial charge in [0.05, 0.1) is 12.2 Å². The number of allylic oxidation sites excluding steroid dienone is 3. The molecule has 24 heavy (non-hydrogen) atoms. The van der Waals surface area contributed by atoms with Crippen LogP contribution in [-0.2, 0) is 4.79 Å². The second kappa shape index (κ2) is 5.28. The summed E-state index contributed by atoms with van der Waals surface area (Å²) < 4.78 is 0. The SMILES string of the molecule is CC(=O)C1=CCC2C3CC=C4CC(O)CCC4(C)C3C(O)CC12C. The lowest BCUT2D eigenvalue weighted by atomic mass is 9.46. The fourth-order valence-electron chi connectivity index (χ4n) is 6.89. The van der Waals surface area contributed by atoms with Gasteiger partial charge in [-0.1, -0.05) is 31.6 Å². The molecule has 0 aliphatic heterocycles. The minimum Gasteiger partial charge on any atom is -0.393 e. The zero-order valence-electron chi connectivity index (χ0n) is 15.1. The van der Waals surface area contributed by atoms with E-state index in [0.29, 0.717) is 18.3 Å². The normalized spacial score (nSPS) is 50.3. The summed E-state index contributed by atoms with van der Waals surface area (Å²) in [6.07, 6.45) is 9.16. The van der Waals surface area contributed by atoms with Crippen LogP contribution in [0.1, 0.15) is 59.3 Å². The van der Waals surface area contributed by atoms with E-state index in [2.05, 4.69) is 26.0 Å². The summed E-state index contributed by atoms with van der Waals surface area (Å²) >= 11 is 0. The number of carbonyl (C=O) groups excluding carboxylic acids is 1. The second-order valence-corrected chi connectivity index (χ2v) is 9.17. The molecule has 0 amide bonds. The largest absolute Gasteiger partial charge is 0.393 e. The van der Waals surface area contributed by atoms with Crippen molar-refractivity contribution in [1.29, 1.82) is 0 Å². The van der Waals surface area contributed by atoms with Gasteiger partial charge in [0, 0.05) is 5.41 Å². The number of hydrogen-bond donors (Lipinski definition) is 2. The first-order chi connectivity index (χ1) is 11.3. The summed E-state index contributed by atoms with van der Waals surface area (Å²) in [7, 11) is 0. The maximum absolute atomic E-state index is 12.1. The van der Waals surface area contributed by atoms with Gasteiger partial charge in [0.25, 0.3) is 0 Å². The third-order valence-electron chi connectivity index (χ3n) is 7.97. The van der Waals surface area contributed by atoms with Crippen LogP contribution in [0.4, 0.5) is 0 Å². The van der Waals surface area contributed by atoms with Crippen LogP contribution in [0.5, 0.6) is 0 Å². The van der Waals surface area contributed by atoms with Crippen molar-refractivity contribution < 1.29 is 15.0 Å². The lowest BCUT2D eigenvalue weighted by Gasteiger charge is -2.59. The van der Waals surface area contributed by atoms with Crippen molar-refractivity contribution in [3.05, 3.63) is 23.3 Å². The van der Waals surface area contributed by atoms with Gasteiger partial charge in [0.1, 0.15) is 0 Å². The molecule has 7 atom stereocenters. The highest BCUT2D eigenvalue weighted by Crippen LogP contribution is 2.64. The van der Waals surface area contributed by atoms with Gasteiger partial charge in [0.15, 0.2) is 5.78 Å². The van der Waals surface area contributed by atoms with E-state index in [1.807, 2.05) is 0 Å². The van der Waals surface area contributed by atoms with Crippen molar-refractivity contribution in [1.82, 2.24) is 0 Å². The van der Waals surface area contributed by atoms with Gasteiger partial charge in [-0.25, -0.2) is 0 Å². The summed E-state index contributed by atoms with van der Waals surface area (Å²) in [5.41, 5.74) is 2.16. The molecule has 2 N–H and O–H groups in total. The Balaban J connectivity index is 1.72. The third kappa shape index (κ3) is 2.07. The van der Waals surface area contributed by atoms with E-state index in [4.69, 9.17) is 0 Å². The summed E-state index contributed by atoms with van der Waals surface area (Å²) in [5.74, 6) is 1.34. The Morgan fingerprint density at radius 1 is 1.17 bits per heavy atom. The molecular formula is C21H30O3. The predicted molar refractivity (Wildman–Crippen MR) is 93.2 cm³/mol. The smallest absolute Gasteiger partial charge is 0.156 e. The lowest BCUT2D eigenvalue weighted by Crippen LogP contribution is -2.56. The molecule has 7 unspecified atom stereocenters. The van der Waals surface area contributed by atoms with Gasteiger partial charge >= 0.3 is 0 Å². The first kappa shape index (κ1) is 16.5. The fraction of sp³-hybridized carbons (Fsp3) is 0.762. The zero-order chi connectivity index (χ0) is 17.3. The van der Waals surface area contributed by atoms with Gasteiger partial charge in [0.2, 0.25) is 0 Å². The molecular weight excluding hydrogens is 300 g/mol. The Hall–Kier alpha value is -0.930. The van der Waals surface area contributed by atoms with E-state index in [-0.39, 0.29) is 34.7 Å². The summed E-state index contributed by atoms with van der Waals surface area (Å²) in [5, 5.41) is 21.2. The van der Waals surface area contributed by atoms with Crippen LogP contribution in [0.3, 0.4) is 0 Å². The molecule has 2 saturated carbocycles. The molecule has 0 aromatic heterocycles. The van der Waals surface area contributed by atoms with Gasteiger partial charge in [-0.3, -0.25) is 4.79 Å². The van der Waals surface area contributed by atoms with Crippen molar-refractivity contribution in [3.63, 3.8) is 0 Å². The number of aliphatic hydroxyl groups excluding tert-OH is 2. The maximum atomic E-state index is 12.1. The van der Waals surface area contributed by atoms with Crippen LogP contribution in [0.15, 0.2) is 23.3 Å². The van der Waals surface area contributed by atoms with E-state index < -0.39 is 0 Å². The molecule has 3 nitrogen and oxygen atoms in total. The third-order valence-corrected chi connectivity index (χ3v) is 7.97. The van der Waals surface area contributed by atoms with Gasteiger partial charge < -0.3 is 10.2 Å². The first-order valence-corrected chi connectivity index (χ1v) is 9.54. The van der Waals surface area contributed by atoms with E-state index in [9.17, 15) is 15.0 Å². The molecule has 3 heteroatoms. The molecule has 0 spiro atoms. The van der Waals surface area contributed by atoms with E-state index in [1.54, 1.807) is 6.92 Å². The molecule has 4 aliphatic rings. The van der Waals surface area contributed by atoms with Gasteiger partial charge in [-0.05, 0) is 74.2 Å². The number of ketones is 1. The molecule has 2 fully saturated rings. The topological polar surface area (TPSA) is 57.5 Å². The van der Waals surface area contributed by atoms with Crippen molar-refractivity contribution in [3.8, 4) is 0 Å². The van der Waals surface area contributed by atoms with Crippen molar-refractivity contribution >= 4 is 5.78 Å². The minimum atomic E-state index is -0.360. The maximum Gasteiger partial charge on any atom is 0.156 e. The zero-order valence-corrected chi connectivity index (χ0v) is 15.1. The Bertz CT molecular complexity index is 633. The van der Waals surface area contributed by atoms with Crippen molar-refractivity contribution in [2.75, 3.05) is 0 Å². The van der Waals surface area contributed by atoms with Crippen molar-refractivity contribution in [2.24, 2.45) is 28.6 Å². The molecule has 132 valence electrons. The molecule has 0 aromatic rings. The Morgan fingerprint density at radius 2 is 1.92 bits per heavy atom. The number of hydrogen-bond acceptors (Lipinski definition) is 3. The predicted octanol–water partition coefficient (Wildman–Crippen LogP) is 3.41. The van der Waals surface area contributed by atoms with Crippen LogP contribution in [0.2, 0.25) is 0 Å². The molecule has 0 bridgehead atoms. The molecule has 4 aliphatic carbocycles. The van der Waals surface area contributed by atoms with Gasteiger partial charge in [-0.2, -0.15) is 0 Å². The number of aliphatic hydroxyl groups is 2. The highest BCUT2D eigenvalue weighted by atomic mass is 16.3. The Kier molecular flexibility index (Phi) is 3.64. The Morgan fingerprint density at radius 3 is 2.62 bits per heavy atom. The number of fused-ring (bicyclic) bond motifs is 5. The summed E-state index contributed by atoms with van der Waals surface area (Å²) in [4.78, 5) is 12.1. The van der Waals surface area contributed by atoms with Crippen LogP contribution in [-0.4, -0.2) is 28.2 Å². The minimum absolute atomic E-state index is 0.0157. The molecule has 0 aromatic carbocycles. The summed E-state index contributed by atoms with van der Waals surface area (Å²) in [6, 6.07) is 0. The monoisotopic (exact) mass is 330 g/mol. The highest BCUT2D eigenvalue weighted by Gasteiger charge is 2.60. The summed E-state index contributed by atoms with van der Waals surface area (Å²) in [6.45, 7) is 6.17. The van der Waals surface area contributed by atoms with Crippen molar-refractivity contribution in [2.45, 2.75) is 71.5 Å². The molecule has 0 radical (unpaired) electrons. The average Bonchev–Trinajstić information content (AvgIpc) is 2.84. The first-order valence-electron chi connectivity index (χ1n) is 9.54. The highest BCUT2D eigenvalue weighted by molar-refractivity contribution is 5.95. The number of carbonyl (C=O) groups is 1. The van der Waals surface area contributed by atoms with Crippen LogP contribution in [0, 0.1) is 28.6 Å². The average molecular weight is 330 g/mol. The van der Waals surface area contributed by atoms with E-state index >= 15 is 0 Å². The molecule has 0 heterocycles. The van der Waals surface area contributed by atoms with Crippen LogP contribution < -0.4 is 0 Å². The standard InChI is InChI=1S/C21H30O3/c1-12(22)16-6-7-17-15-5-4-13-10-14(23)8-9-20(13,2)19(15)18(24)11-21(16,17)3/h4,6,14-15,17-19,23-24H,5,7-11H2,1-3H3. The second-order valence-electron chi connectivity index (χ2n) is 9.17. The lowest BCUT2D eigenvalue weighted by molar-refractivity contribution is -0.122. The van der Waals surface area contributed by atoms with Crippen LogP contribution >= 0.6 is 0 Å². The molecule has 4 rings (SSSR count). The van der Waals surface area contributed by atoms with Gasteiger partial charge in [-0.15, -0.1) is 0 Å². The number of Topliss-reactive ketones (excluding diaryl/α,β-unsaturated/α-hetero) is 1. The van der Waals surface area contributed by atoms with E-state index in [1.165, 1.54) is 5.57 Å². The quantitative estimate of drug-likeness (QED) is 0.725.